The molecular weight excluding hydrogens is 161 g/mol. The monoisotopic (exact) mass is 165 g/mol. The quantitative estimate of drug-likeness (QED) is 0.632. The highest BCUT2D eigenvalue weighted by molar-refractivity contribution is 4.90. The maximum Gasteiger partial charge on any atom is 0.471 e. The molecule has 0 aliphatic carbocycles. The number of hydrogen-bond donors (Lipinski definition) is 0. The minimum atomic E-state index is -4.56. The fraction of sp³-hybridized carbons (Fsp3) is 0.400. The molecule has 1 aromatic heterocycles. The Morgan fingerprint density at radius 3 is 2.36 bits per heavy atom. The summed E-state index contributed by atoms with van der Waals surface area (Å²) < 4.78 is 39.1. The van der Waals surface area contributed by atoms with Crippen molar-refractivity contribution >= 4 is 0 Å². The van der Waals surface area contributed by atoms with E-state index >= 15 is 0 Å². The molecule has 0 saturated heterocycles. The number of alkyl halides is 3. The number of hydrogen-bond acceptors (Lipinski definition) is 3. The van der Waals surface area contributed by atoms with Crippen LogP contribution in [0.1, 0.15) is 11.7 Å². The van der Waals surface area contributed by atoms with Crippen LogP contribution in [0.5, 0.6) is 0 Å². The van der Waals surface area contributed by atoms with Gasteiger partial charge < -0.3 is 4.52 Å². The molecule has 0 amide bonds. The van der Waals surface area contributed by atoms with Crippen molar-refractivity contribution in [2.24, 2.45) is 0 Å². The summed E-state index contributed by atoms with van der Waals surface area (Å²) in [5, 5.41) is 3.03. The van der Waals surface area contributed by atoms with Crippen molar-refractivity contribution in [3.8, 4) is 0 Å². The third-order valence-corrected chi connectivity index (χ3v) is 0.934. The summed E-state index contributed by atoms with van der Waals surface area (Å²) >= 11 is 0. The number of halogens is 3. The number of nitrogens with zero attached hydrogens (tertiary/aromatic N) is 2. The van der Waals surface area contributed by atoms with Gasteiger partial charge in [0, 0.05) is 6.42 Å². The molecule has 61 valence electrons. The summed E-state index contributed by atoms with van der Waals surface area (Å²) in [6.07, 6.45) is -4.47. The van der Waals surface area contributed by atoms with Crippen LogP contribution in [0.2, 0.25) is 0 Å². The van der Waals surface area contributed by atoms with E-state index in [1.54, 1.807) is 0 Å². The minimum absolute atomic E-state index is 0.0441. The Morgan fingerprint density at radius 1 is 1.45 bits per heavy atom. The Bertz CT molecular complexity index is 242. The SMILES string of the molecule is [CH2]Cc1noc(C(F)(F)F)n1. The topological polar surface area (TPSA) is 38.9 Å². The lowest BCUT2D eigenvalue weighted by molar-refractivity contribution is -0.159. The molecule has 0 bridgehead atoms. The highest BCUT2D eigenvalue weighted by Crippen LogP contribution is 2.27. The van der Waals surface area contributed by atoms with Gasteiger partial charge >= 0.3 is 12.1 Å². The van der Waals surface area contributed by atoms with Crippen LogP contribution in [0.25, 0.3) is 0 Å². The minimum Gasteiger partial charge on any atom is -0.329 e. The Hall–Kier alpha value is -1.07. The van der Waals surface area contributed by atoms with Gasteiger partial charge in [-0.05, 0) is 6.92 Å². The van der Waals surface area contributed by atoms with Crippen LogP contribution < -0.4 is 0 Å². The van der Waals surface area contributed by atoms with Gasteiger partial charge in [0.2, 0.25) is 0 Å². The number of rotatable bonds is 1. The van der Waals surface area contributed by atoms with E-state index in [0.717, 1.165) is 0 Å². The van der Waals surface area contributed by atoms with Gasteiger partial charge in [0.25, 0.3) is 0 Å². The fourth-order valence-corrected chi connectivity index (χ4v) is 0.471. The van der Waals surface area contributed by atoms with Crippen LogP contribution >= 0.6 is 0 Å². The third kappa shape index (κ3) is 1.69. The van der Waals surface area contributed by atoms with Crippen LogP contribution in [-0.4, -0.2) is 10.1 Å². The molecule has 0 aliphatic rings. The van der Waals surface area contributed by atoms with Gasteiger partial charge in [-0.2, -0.15) is 18.2 Å². The second-order valence-electron chi connectivity index (χ2n) is 1.76. The van der Waals surface area contributed by atoms with Gasteiger partial charge in [0.05, 0.1) is 0 Å². The second-order valence-corrected chi connectivity index (χ2v) is 1.76. The van der Waals surface area contributed by atoms with Crippen molar-refractivity contribution in [2.45, 2.75) is 12.6 Å². The standard InChI is InChI=1S/C5H4F3N2O/c1-2-3-9-4(11-10-3)5(6,7)8/h1-2H2. The molecule has 0 unspecified atom stereocenters. The molecular formula is C5H4F3N2O. The zero-order valence-electron chi connectivity index (χ0n) is 5.35. The van der Waals surface area contributed by atoms with E-state index < -0.39 is 12.1 Å². The maximum absolute atomic E-state index is 11.7. The summed E-state index contributed by atoms with van der Waals surface area (Å²) in [6.45, 7) is 3.30. The van der Waals surface area contributed by atoms with E-state index in [2.05, 4.69) is 21.6 Å². The average molecular weight is 165 g/mol. The summed E-state index contributed by atoms with van der Waals surface area (Å²) in [5.74, 6) is -1.37. The summed E-state index contributed by atoms with van der Waals surface area (Å²) in [7, 11) is 0. The first-order valence-corrected chi connectivity index (χ1v) is 2.73. The number of aromatic nitrogens is 2. The Kier molecular flexibility index (Phi) is 1.84. The molecule has 3 nitrogen and oxygen atoms in total. The summed E-state index contributed by atoms with van der Waals surface area (Å²) in [6, 6.07) is 0. The predicted octanol–water partition coefficient (Wildman–Crippen LogP) is 1.46. The lowest BCUT2D eigenvalue weighted by Crippen LogP contribution is -2.05. The van der Waals surface area contributed by atoms with Crippen molar-refractivity contribution in [2.75, 3.05) is 0 Å². The van der Waals surface area contributed by atoms with E-state index in [-0.39, 0.29) is 12.2 Å². The van der Waals surface area contributed by atoms with E-state index in [0.29, 0.717) is 0 Å². The summed E-state index contributed by atoms with van der Waals surface area (Å²) in [4.78, 5) is 3.03. The molecule has 0 aliphatic heterocycles. The van der Waals surface area contributed by atoms with Gasteiger partial charge in [-0.25, -0.2) is 0 Å². The largest absolute Gasteiger partial charge is 0.471 e. The first kappa shape index (κ1) is 8.03. The van der Waals surface area contributed by atoms with Gasteiger partial charge in [-0.1, -0.05) is 5.16 Å². The van der Waals surface area contributed by atoms with Crippen molar-refractivity contribution < 1.29 is 17.7 Å². The van der Waals surface area contributed by atoms with Crippen molar-refractivity contribution in [3.05, 3.63) is 18.6 Å². The van der Waals surface area contributed by atoms with E-state index in [4.69, 9.17) is 0 Å². The van der Waals surface area contributed by atoms with Crippen LogP contribution in [0.3, 0.4) is 0 Å². The van der Waals surface area contributed by atoms with Crippen LogP contribution in [0, 0.1) is 6.92 Å². The maximum atomic E-state index is 11.7. The van der Waals surface area contributed by atoms with E-state index in [1.165, 1.54) is 0 Å². The fourth-order valence-electron chi connectivity index (χ4n) is 0.471. The Labute approximate surface area is 60.2 Å². The lowest BCUT2D eigenvalue weighted by Gasteiger charge is -1.95. The van der Waals surface area contributed by atoms with Crippen LogP contribution in [-0.2, 0) is 12.6 Å². The molecule has 6 heteroatoms. The molecule has 0 spiro atoms. The molecule has 1 radical (unpaired) electrons. The van der Waals surface area contributed by atoms with Gasteiger partial charge in [-0.15, -0.1) is 0 Å². The molecule has 0 saturated carbocycles. The van der Waals surface area contributed by atoms with Gasteiger partial charge in [0.1, 0.15) is 0 Å². The Balaban J connectivity index is 2.89. The molecule has 1 aromatic rings. The van der Waals surface area contributed by atoms with E-state index in [9.17, 15) is 13.2 Å². The highest BCUT2D eigenvalue weighted by atomic mass is 19.4. The van der Waals surface area contributed by atoms with Crippen molar-refractivity contribution in [3.63, 3.8) is 0 Å². The zero-order valence-corrected chi connectivity index (χ0v) is 5.35. The lowest BCUT2D eigenvalue weighted by atomic mass is 10.5. The smallest absolute Gasteiger partial charge is 0.329 e. The average Bonchev–Trinajstić information content (AvgIpc) is 2.32. The first-order valence-electron chi connectivity index (χ1n) is 2.73. The molecule has 0 atom stereocenters. The molecule has 0 N–H and O–H groups in total. The van der Waals surface area contributed by atoms with Crippen LogP contribution in [0.4, 0.5) is 13.2 Å². The van der Waals surface area contributed by atoms with Gasteiger partial charge in [0.15, 0.2) is 5.82 Å². The predicted molar refractivity (Wildman–Crippen MR) is 28.4 cm³/mol. The Morgan fingerprint density at radius 2 is 2.09 bits per heavy atom. The van der Waals surface area contributed by atoms with Crippen LogP contribution in [0.15, 0.2) is 4.52 Å². The zero-order chi connectivity index (χ0) is 8.48. The van der Waals surface area contributed by atoms with Crippen molar-refractivity contribution in [1.29, 1.82) is 0 Å². The van der Waals surface area contributed by atoms with E-state index in [1.807, 2.05) is 0 Å². The molecule has 1 heterocycles. The molecule has 0 aromatic carbocycles. The van der Waals surface area contributed by atoms with Crippen molar-refractivity contribution in [1.82, 2.24) is 10.1 Å². The van der Waals surface area contributed by atoms with Gasteiger partial charge in [-0.3, -0.25) is 0 Å². The second kappa shape index (κ2) is 2.52. The normalized spacial score (nSPS) is 12.0. The molecule has 0 fully saturated rings. The highest BCUT2D eigenvalue weighted by Gasteiger charge is 2.38. The first-order chi connectivity index (χ1) is 5.04. The molecule has 1 rings (SSSR count). The summed E-state index contributed by atoms with van der Waals surface area (Å²) in [5.41, 5.74) is 0. The molecule has 11 heavy (non-hydrogen) atoms. The third-order valence-electron chi connectivity index (χ3n) is 0.934.